The van der Waals surface area contributed by atoms with Crippen molar-refractivity contribution in [2.75, 3.05) is 20.6 Å². The van der Waals surface area contributed by atoms with E-state index in [0.29, 0.717) is 30.5 Å². The minimum Gasteiger partial charge on any atom is -0.443 e. The molecule has 27 heavy (non-hydrogen) atoms. The number of guanidine groups is 1. The second-order valence-corrected chi connectivity index (χ2v) is 7.25. The molecule has 1 aromatic carbocycles. The Morgan fingerprint density at radius 2 is 2.04 bits per heavy atom. The van der Waals surface area contributed by atoms with E-state index < -0.39 is 0 Å². The normalized spacial score (nSPS) is 12.0. The minimum atomic E-state index is -0.0807. The van der Waals surface area contributed by atoms with Crippen LogP contribution in [0.5, 0.6) is 0 Å². The Morgan fingerprint density at radius 1 is 1.26 bits per heavy atom. The summed E-state index contributed by atoms with van der Waals surface area (Å²) in [4.78, 5) is 20.2. The van der Waals surface area contributed by atoms with E-state index in [1.54, 1.807) is 26.4 Å². The van der Waals surface area contributed by atoms with Gasteiger partial charge in [-0.3, -0.25) is 9.79 Å². The molecule has 0 atom stereocenters. The number of hydrogen-bond acceptors (Lipinski definition) is 4. The standard InChI is InChI=1S/C20H29N5O2/c1-20(2,3)16-12-24-17(27-16)13-25-19(22-5)23-10-9-14-7-6-8-15(11-14)18(26)21-4/h6-8,11-12H,9-10,13H2,1-5H3,(H,21,26)(H2,22,23,25). The highest BCUT2D eigenvalue weighted by Gasteiger charge is 2.19. The number of oxazole rings is 1. The molecular formula is C20H29N5O2. The molecule has 1 aromatic heterocycles. The van der Waals surface area contributed by atoms with Crippen LogP contribution in [0.2, 0.25) is 0 Å². The summed E-state index contributed by atoms with van der Waals surface area (Å²) in [5.74, 6) is 2.08. The fraction of sp³-hybridized carbons (Fsp3) is 0.450. The minimum absolute atomic E-state index is 0.0611. The molecule has 0 bridgehead atoms. The lowest BCUT2D eigenvalue weighted by molar-refractivity contribution is 0.0963. The van der Waals surface area contributed by atoms with Crippen molar-refractivity contribution in [3.8, 4) is 0 Å². The van der Waals surface area contributed by atoms with Gasteiger partial charge in [0.1, 0.15) is 5.76 Å². The first-order valence-corrected chi connectivity index (χ1v) is 9.04. The third-order valence-corrected chi connectivity index (χ3v) is 4.05. The SMILES string of the molecule is CN=C(NCCc1cccc(C(=O)NC)c1)NCc1ncc(C(C)(C)C)o1. The Kier molecular flexibility index (Phi) is 6.98. The van der Waals surface area contributed by atoms with E-state index in [-0.39, 0.29) is 11.3 Å². The zero-order valence-electron chi connectivity index (χ0n) is 16.7. The van der Waals surface area contributed by atoms with Gasteiger partial charge in [0.2, 0.25) is 5.89 Å². The summed E-state index contributed by atoms with van der Waals surface area (Å²) in [5.41, 5.74) is 1.69. The van der Waals surface area contributed by atoms with Crippen LogP contribution in [0.3, 0.4) is 0 Å². The van der Waals surface area contributed by atoms with Gasteiger partial charge in [-0.15, -0.1) is 0 Å². The van der Waals surface area contributed by atoms with Crippen molar-refractivity contribution >= 4 is 11.9 Å². The van der Waals surface area contributed by atoms with Gasteiger partial charge in [-0.05, 0) is 24.1 Å². The van der Waals surface area contributed by atoms with Crippen molar-refractivity contribution < 1.29 is 9.21 Å². The number of aliphatic imine (C=N–C) groups is 1. The van der Waals surface area contributed by atoms with Crippen molar-refractivity contribution in [3.05, 3.63) is 53.2 Å². The molecule has 2 aromatic rings. The Morgan fingerprint density at radius 3 is 2.67 bits per heavy atom. The van der Waals surface area contributed by atoms with Crippen LogP contribution in [0.15, 0.2) is 39.9 Å². The molecule has 0 unspecified atom stereocenters. The van der Waals surface area contributed by atoms with Gasteiger partial charge in [0.05, 0.1) is 12.7 Å². The topological polar surface area (TPSA) is 91.5 Å². The summed E-state index contributed by atoms with van der Waals surface area (Å²) in [7, 11) is 3.35. The summed E-state index contributed by atoms with van der Waals surface area (Å²) in [6.45, 7) is 7.41. The van der Waals surface area contributed by atoms with Crippen molar-refractivity contribution in [1.82, 2.24) is 20.9 Å². The van der Waals surface area contributed by atoms with Crippen LogP contribution in [0.1, 0.15) is 48.3 Å². The molecule has 0 aliphatic carbocycles. The fourth-order valence-electron chi connectivity index (χ4n) is 2.46. The molecule has 7 heteroatoms. The van der Waals surface area contributed by atoms with Crippen LogP contribution in [0.4, 0.5) is 0 Å². The lowest BCUT2D eigenvalue weighted by Crippen LogP contribution is -2.37. The molecule has 0 saturated carbocycles. The van der Waals surface area contributed by atoms with Gasteiger partial charge >= 0.3 is 0 Å². The van der Waals surface area contributed by atoms with E-state index in [1.165, 1.54) is 0 Å². The van der Waals surface area contributed by atoms with E-state index in [2.05, 4.69) is 46.7 Å². The van der Waals surface area contributed by atoms with Crippen LogP contribution >= 0.6 is 0 Å². The maximum absolute atomic E-state index is 11.7. The van der Waals surface area contributed by atoms with Crippen molar-refractivity contribution in [2.24, 2.45) is 4.99 Å². The quantitative estimate of drug-likeness (QED) is 0.535. The monoisotopic (exact) mass is 371 g/mol. The Balaban J connectivity index is 1.82. The van der Waals surface area contributed by atoms with Crippen LogP contribution in [-0.4, -0.2) is 37.5 Å². The fourth-order valence-corrected chi connectivity index (χ4v) is 2.46. The number of benzene rings is 1. The number of aromatic nitrogens is 1. The Bertz CT molecular complexity index is 790. The third kappa shape index (κ3) is 6.13. The molecule has 0 fully saturated rings. The molecule has 1 amide bonds. The van der Waals surface area contributed by atoms with Gasteiger partial charge in [0.25, 0.3) is 5.91 Å². The number of carbonyl (C=O) groups is 1. The van der Waals surface area contributed by atoms with Crippen molar-refractivity contribution in [2.45, 2.75) is 39.2 Å². The molecule has 3 N–H and O–H groups in total. The molecule has 0 saturated heterocycles. The number of nitrogens with one attached hydrogen (secondary N) is 3. The molecule has 0 spiro atoms. The lowest BCUT2D eigenvalue weighted by atomic mass is 9.94. The maximum Gasteiger partial charge on any atom is 0.251 e. The first-order chi connectivity index (χ1) is 12.8. The molecule has 0 aliphatic heterocycles. The van der Waals surface area contributed by atoms with Crippen molar-refractivity contribution in [3.63, 3.8) is 0 Å². The van der Waals surface area contributed by atoms with Gasteiger partial charge in [-0.2, -0.15) is 0 Å². The van der Waals surface area contributed by atoms with E-state index in [0.717, 1.165) is 17.7 Å². The van der Waals surface area contributed by atoms with E-state index in [4.69, 9.17) is 4.42 Å². The predicted octanol–water partition coefficient (Wildman–Crippen LogP) is 2.24. The van der Waals surface area contributed by atoms with Crippen LogP contribution < -0.4 is 16.0 Å². The van der Waals surface area contributed by atoms with Gasteiger partial charge in [-0.1, -0.05) is 32.9 Å². The number of carbonyl (C=O) groups excluding carboxylic acids is 1. The first kappa shape index (κ1) is 20.5. The third-order valence-electron chi connectivity index (χ3n) is 4.05. The first-order valence-electron chi connectivity index (χ1n) is 9.04. The molecule has 2 rings (SSSR count). The van der Waals surface area contributed by atoms with E-state index in [9.17, 15) is 4.79 Å². The number of rotatable bonds is 6. The van der Waals surface area contributed by atoms with Gasteiger partial charge in [0.15, 0.2) is 5.96 Å². The predicted molar refractivity (Wildman–Crippen MR) is 107 cm³/mol. The summed E-state index contributed by atoms with van der Waals surface area (Å²) in [6.07, 6.45) is 2.55. The van der Waals surface area contributed by atoms with E-state index >= 15 is 0 Å². The summed E-state index contributed by atoms with van der Waals surface area (Å²) in [5, 5.41) is 9.09. The highest BCUT2D eigenvalue weighted by molar-refractivity contribution is 5.94. The lowest BCUT2D eigenvalue weighted by Gasteiger charge is -2.13. The van der Waals surface area contributed by atoms with Crippen LogP contribution in [-0.2, 0) is 18.4 Å². The summed E-state index contributed by atoms with van der Waals surface area (Å²) in [6, 6.07) is 7.60. The Hall–Kier alpha value is -2.83. The zero-order valence-corrected chi connectivity index (χ0v) is 16.7. The highest BCUT2D eigenvalue weighted by Crippen LogP contribution is 2.22. The number of amides is 1. The summed E-state index contributed by atoms with van der Waals surface area (Å²) < 4.78 is 5.77. The molecule has 146 valence electrons. The van der Waals surface area contributed by atoms with Gasteiger partial charge < -0.3 is 20.4 Å². The second-order valence-electron chi connectivity index (χ2n) is 7.25. The average molecular weight is 371 g/mol. The largest absolute Gasteiger partial charge is 0.443 e. The van der Waals surface area contributed by atoms with E-state index in [1.807, 2.05) is 18.2 Å². The smallest absolute Gasteiger partial charge is 0.251 e. The zero-order chi connectivity index (χ0) is 19.9. The highest BCUT2D eigenvalue weighted by atomic mass is 16.4. The second kappa shape index (κ2) is 9.21. The number of hydrogen-bond donors (Lipinski definition) is 3. The molecule has 0 radical (unpaired) electrons. The van der Waals surface area contributed by atoms with Crippen molar-refractivity contribution in [1.29, 1.82) is 0 Å². The maximum atomic E-state index is 11.7. The molecular weight excluding hydrogens is 342 g/mol. The molecule has 7 nitrogen and oxygen atoms in total. The van der Waals surface area contributed by atoms with Gasteiger partial charge in [0, 0.05) is 31.6 Å². The van der Waals surface area contributed by atoms with Crippen LogP contribution in [0, 0.1) is 0 Å². The molecule has 1 heterocycles. The molecule has 0 aliphatic rings. The van der Waals surface area contributed by atoms with Gasteiger partial charge in [-0.25, -0.2) is 4.98 Å². The average Bonchev–Trinajstić information content (AvgIpc) is 3.13. The summed E-state index contributed by atoms with van der Waals surface area (Å²) >= 11 is 0. The number of nitrogens with zero attached hydrogens (tertiary/aromatic N) is 2. The van der Waals surface area contributed by atoms with Crippen LogP contribution in [0.25, 0.3) is 0 Å². The Labute approximate surface area is 160 Å².